The predicted molar refractivity (Wildman–Crippen MR) is 69.1 cm³/mol. The van der Waals surface area contributed by atoms with Crippen LogP contribution in [0.3, 0.4) is 0 Å². The van der Waals surface area contributed by atoms with E-state index < -0.39 is 5.41 Å². The summed E-state index contributed by atoms with van der Waals surface area (Å²) in [5.74, 6) is -0.236. The van der Waals surface area contributed by atoms with Crippen molar-refractivity contribution in [2.45, 2.75) is 32.4 Å². The summed E-state index contributed by atoms with van der Waals surface area (Å²) in [6.45, 7) is 7.60. The van der Waals surface area contributed by atoms with Crippen molar-refractivity contribution in [3.8, 4) is 0 Å². The average Bonchev–Trinajstić information content (AvgIpc) is 2.00. The Hall–Kier alpha value is 0.260. The van der Waals surface area contributed by atoms with Crippen LogP contribution in [0.2, 0.25) is 0 Å². The van der Waals surface area contributed by atoms with E-state index in [-0.39, 0.29) is 10.7 Å². The molecule has 2 nitrogen and oxygen atoms in total. The molecule has 0 aromatic carbocycles. The SMILES string of the molecule is COC(=O)C(C)(C)C(C)(C)SC(=S)S. The van der Waals surface area contributed by atoms with Gasteiger partial charge in [0.15, 0.2) is 0 Å². The van der Waals surface area contributed by atoms with Gasteiger partial charge in [0.2, 0.25) is 0 Å². The number of ether oxygens (including phenoxy) is 1. The topological polar surface area (TPSA) is 26.3 Å². The first kappa shape index (κ1) is 14.3. The molecule has 0 rings (SSSR count). The van der Waals surface area contributed by atoms with Gasteiger partial charge in [-0.15, -0.1) is 24.4 Å². The second-order valence-corrected chi connectivity index (χ2v) is 7.35. The number of esters is 1. The summed E-state index contributed by atoms with van der Waals surface area (Å²) in [6, 6.07) is 0. The van der Waals surface area contributed by atoms with Gasteiger partial charge < -0.3 is 4.74 Å². The van der Waals surface area contributed by atoms with Crippen molar-refractivity contribution in [3.63, 3.8) is 0 Å². The summed E-state index contributed by atoms with van der Waals surface area (Å²) in [5.41, 5.74) is -0.598. The van der Waals surface area contributed by atoms with Gasteiger partial charge in [-0.25, -0.2) is 0 Å². The minimum Gasteiger partial charge on any atom is -0.469 e. The van der Waals surface area contributed by atoms with E-state index in [1.165, 1.54) is 18.9 Å². The van der Waals surface area contributed by atoms with E-state index in [1.54, 1.807) is 0 Å². The lowest BCUT2D eigenvalue weighted by molar-refractivity contribution is -0.152. The third-order valence-corrected chi connectivity index (χ3v) is 4.26. The number of hydrogen-bond donors (Lipinski definition) is 1. The molecule has 14 heavy (non-hydrogen) atoms. The van der Waals surface area contributed by atoms with Gasteiger partial charge in [0.25, 0.3) is 0 Å². The van der Waals surface area contributed by atoms with Crippen molar-refractivity contribution >= 4 is 46.1 Å². The number of methoxy groups -OCH3 is 1. The van der Waals surface area contributed by atoms with Crippen LogP contribution in [0.15, 0.2) is 0 Å². The van der Waals surface area contributed by atoms with Crippen molar-refractivity contribution in [1.29, 1.82) is 0 Å². The van der Waals surface area contributed by atoms with Crippen LogP contribution in [0.25, 0.3) is 0 Å². The number of carbonyl (C=O) groups is 1. The van der Waals surface area contributed by atoms with Crippen molar-refractivity contribution in [2.75, 3.05) is 7.11 Å². The number of thiocarbonyl (C=S) groups is 1. The smallest absolute Gasteiger partial charge is 0.312 e. The highest BCUT2D eigenvalue weighted by atomic mass is 32.2. The highest BCUT2D eigenvalue weighted by Gasteiger charge is 2.45. The van der Waals surface area contributed by atoms with Gasteiger partial charge in [-0.2, -0.15) is 0 Å². The molecule has 0 N–H and O–H groups in total. The third kappa shape index (κ3) is 3.14. The predicted octanol–water partition coefficient (Wildman–Crippen LogP) is 2.91. The van der Waals surface area contributed by atoms with Crippen LogP contribution in [-0.2, 0) is 9.53 Å². The monoisotopic (exact) mass is 252 g/mol. The Labute approximate surface area is 101 Å². The quantitative estimate of drug-likeness (QED) is 0.474. The van der Waals surface area contributed by atoms with Crippen LogP contribution in [0, 0.1) is 5.41 Å². The van der Waals surface area contributed by atoms with Gasteiger partial charge in [0.1, 0.15) is 3.53 Å². The molecule has 0 aromatic rings. The first-order valence-electron chi connectivity index (χ1n) is 4.15. The molecular weight excluding hydrogens is 236 g/mol. The highest BCUT2D eigenvalue weighted by molar-refractivity contribution is 8.42. The highest BCUT2D eigenvalue weighted by Crippen LogP contribution is 2.43. The number of thioether (sulfide) groups is 1. The molecule has 0 saturated carbocycles. The van der Waals surface area contributed by atoms with Gasteiger partial charge in [0, 0.05) is 4.75 Å². The minimum atomic E-state index is -0.598. The normalized spacial score (nSPS) is 12.4. The van der Waals surface area contributed by atoms with Gasteiger partial charge in [-0.05, 0) is 27.7 Å². The summed E-state index contributed by atoms with van der Waals surface area (Å²) >= 11 is 10.4. The summed E-state index contributed by atoms with van der Waals surface area (Å²) in [5, 5.41) is 0. The van der Waals surface area contributed by atoms with Crippen LogP contribution >= 0.6 is 36.6 Å². The summed E-state index contributed by atoms with van der Waals surface area (Å²) < 4.78 is 4.96. The molecule has 0 radical (unpaired) electrons. The number of carbonyl (C=O) groups excluding carboxylic acids is 1. The molecule has 0 aliphatic carbocycles. The first-order valence-corrected chi connectivity index (χ1v) is 5.82. The minimum absolute atomic E-state index is 0.236. The Morgan fingerprint density at radius 2 is 1.79 bits per heavy atom. The van der Waals surface area contributed by atoms with Gasteiger partial charge in [0.05, 0.1) is 12.5 Å². The Kier molecular flexibility index (Phi) is 4.95. The molecule has 82 valence electrons. The largest absolute Gasteiger partial charge is 0.469 e. The van der Waals surface area contributed by atoms with Crippen molar-refractivity contribution in [1.82, 2.24) is 0 Å². The van der Waals surface area contributed by atoms with Crippen LogP contribution in [-0.4, -0.2) is 21.4 Å². The Balaban J connectivity index is 4.86. The second kappa shape index (κ2) is 4.86. The third-order valence-electron chi connectivity index (χ3n) is 2.54. The Morgan fingerprint density at radius 1 is 1.36 bits per heavy atom. The van der Waals surface area contributed by atoms with E-state index in [2.05, 4.69) is 12.6 Å². The maximum absolute atomic E-state index is 11.6. The summed E-state index contributed by atoms with van der Waals surface area (Å²) in [4.78, 5) is 11.6. The first-order chi connectivity index (χ1) is 6.15. The molecule has 0 aliphatic heterocycles. The van der Waals surface area contributed by atoms with E-state index in [0.29, 0.717) is 3.53 Å². The second-order valence-electron chi connectivity index (χ2n) is 3.99. The fourth-order valence-electron chi connectivity index (χ4n) is 0.847. The lowest BCUT2D eigenvalue weighted by Gasteiger charge is -2.37. The molecule has 0 spiro atoms. The van der Waals surface area contributed by atoms with Gasteiger partial charge in [-0.1, -0.05) is 12.2 Å². The lowest BCUT2D eigenvalue weighted by Crippen LogP contribution is -2.43. The molecule has 0 heterocycles. The van der Waals surface area contributed by atoms with E-state index in [1.807, 2.05) is 27.7 Å². The van der Waals surface area contributed by atoms with E-state index in [4.69, 9.17) is 17.0 Å². The van der Waals surface area contributed by atoms with Crippen molar-refractivity contribution < 1.29 is 9.53 Å². The van der Waals surface area contributed by atoms with Crippen LogP contribution in [0.5, 0.6) is 0 Å². The zero-order valence-corrected chi connectivity index (χ0v) is 11.6. The van der Waals surface area contributed by atoms with Crippen molar-refractivity contribution in [3.05, 3.63) is 0 Å². The lowest BCUT2D eigenvalue weighted by atomic mass is 9.80. The van der Waals surface area contributed by atoms with Gasteiger partial charge in [-0.3, -0.25) is 4.79 Å². The molecule has 0 amide bonds. The summed E-state index contributed by atoms with van der Waals surface area (Å²) in [7, 11) is 1.39. The maximum atomic E-state index is 11.6. The standard InChI is InChI=1S/C9H16O2S3/c1-8(2,6(10)11-5)9(3,4)14-7(12)13/h1-5H3,(H,12,13). The van der Waals surface area contributed by atoms with Gasteiger partial charge >= 0.3 is 5.97 Å². The molecule has 0 aliphatic rings. The molecular formula is C9H16O2S3. The van der Waals surface area contributed by atoms with Crippen LogP contribution < -0.4 is 0 Å². The molecule has 5 heteroatoms. The molecule has 0 bridgehead atoms. The molecule has 0 aromatic heterocycles. The fourth-order valence-corrected chi connectivity index (χ4v) is 2.93. The van der Waals surface area contributed by atoms with Crippen LogP contribution in [0.1, 0.15) is 27.7 Å². The number of rotatable bonds is 3. The van der Waals surface area contributed by atoms with Crippen molar-refractivity contribution in [2.24, 2.45) is 5.41 Å². The average molecular weight is 252 g/mol. The van der Waals surface area contributed by atoms with E-state index in [9.17, 15) is 4.79 Å². The Bertz CT molecular complexity index is 246. The van der Waals surface area contributed by atoms with E-state index >= 15 is 0 Å². The van der Waals surface area contributed by atoms with Crippen LogP contribution in [0.4, 0.5) is 0 Å². The number of thiol groups is 1. The number of hydrogen-bond acceptors (Lipinski definition) is 4. The fraction of sp³-hybridized carbons (Fsp3) is 0.778. The zero-order valence-electron chi connectivity index (χ0n) is 9.08. The molecule has 0 fully saturated rings. The zero-order chi connectivity index (χ0) is 11.6. The Morgan fingerprint density at radius 3 is 2.07 bits per heavy atom. The molecule has 0 atom stereocenters. The van der Waals surface area contributed by atoms with E-state index in [0.717, 1.165) is 0 Å². The summed E-state index contributed by atoms with van der Waals surface area (Å²) in [6.07, 6.45) is 0. The molecule has 0 unspecified atom stereocenters. The maximum Gasteiger partial charge on any atom is 0.312 e. The molecule has 0 saturated heterocycles.